The standard InChI is InChI=1S/C19H20F2N6O2.2C17H18F2N6O.C16H16N6O2.C15H13F3N6O2.CH4/c1-11(2)28-13-5-8-23-14(9-13)29-18-15-16(22)24-10-25-17(15)27(26-18)12-3-6-19(20,21)7-4-12;1-10-3-2-4-11(7-10)26-16-13-14(20)22-9-23-15(13)25(24-16)12-5-6-21-8-17(12,18)19;1-10-5-7-21-12(8-10)26-16-13-14(20)22-9-23-15(13)25(24-16)11-4-2-3-6-17(11,18)19;1-9(2)23-11-5-6-18-12(7-11)24-16-13-14(17)19-8-20-15(13)22(21-16)10-3-4-10;1-8-2-3-20-9(4-8)26-13-10-11(19)21-7-22-12(10)24(23-13)14(5-25-6-14)15(16,17)18;/h5,8-10,12H,1,3-4,6-7H2,2H3,(H2,22,24,25);2-4,7,9,12,21H,5-6,8H2,1H3,(H2,20,22,23);5,7-9,11H,2-4,6H2,1H3,(H2,20,22,23);5-8,10H,1,3-4H2,2H3,(H2,17,19,20);2-4,7H,5-6H2,1H3,(H2,19,21,22);1H4. The molecule has 11 N–H and O–H groups in total. The van der Waals surface area contributed by atoms with Gasteiger partial charge < -0.3 is 71.9 Å². The molecule has 20 rings (SSSR count). The van der Waals surface area contributed by atoms with Gasteiger partial charge in [0.15, 0.2) is 28.2 Å². The van der Waals surface area contributed by atoms with Gasteiger partial charge in [0.1, 0.15) is 117 Å². The number of ether oxygens (including phenoxy) is 8. The molecular weight excluding hydrogens is 1740 g/mol. The Hall–Kier alpha value is -15.1. The Morgan fingerprint density at radius 1 is 0.424 bits per heavy atom. The monoisotopic (exact) mass is 1830 g/mol. The molecule has 15 aromatic rings. The van der Waals surface area contributed by atoms with Crippen molar-refractivity contribution >= 4 is 84.3 Å². The first kappa shape index (κ1) is 91.7. The third kappa shape index (κ3) is 19.7. The van der Waals surface area contributed by atoms with Crippen molar-refractivity contribution in [1.82, 2.24) is 124 Å². The molecule has 0 amide bonds. The van der Waals surface area contributed by atoms with Crippen LogP contribution in [0.5, 0.6) is 70.2 Å². The molecule has 3 saturated carbocycles. The normalized spacial score (nSPS) is 17.1. The zero-order valence-corrected chi connectivity index (χ0v) is 70.7. The SMILES string of the molecule is C.C=C(C)Oc1ccnc(Oc2nn(C3CC3)c3ncnc(N)c23)c1.C=C(C)Oc1ccnc(Oc2nn(C3CCC(F)(F)CC3)c3ncnc(N)c23)c1.Cc1cccc(Oc2nn(C3CCNCC3(F)F)c3ncnc(N)c23)c1.Cc1ccnc(Oc2nn(C3(C(F)(F)F)COC3)c3ncnc(N)c23)c1.Cc1ccnc(Oc2nn(C3CCCCC3(F)F)c3ncnc(N)c23)c1. The smallest absolute Gasteiger partial charge is 0.418 e. The summed E-state index contributed by atoms with van der Waals surface area (Å²) in [5, 5.41) is 26.0. The number of piperidine rings is 1. The minimum absolute atomic E-state index is 0. The number of pyridine rings is 4. The predicted molar refractivity (Wildman–Crippen MR) is 464 cm³/mol. The lowest BCUT2D eigenvalue weighted by Gasteiger charge is -2.42. The van der Waals surface area contributed by atoms with Crippen LogP contribution in [0, 0.1) is 20.8 Å². The summed E-state index contributed by atoms with van der Waals surface area (Å²) in [5.41, 5.74) is 31.8. The highest BCUT2D eigenvalue weighted by molar-refractivity contribution is 5.94. The number of halogens is 9. The minimum atomic E-state index is -4.59. The predicted octanol–water partition coefficient (Wildman–Crippen LogP) is 16.3. The van der Waals surface area contributed by atoms with Gasteiger partial charge in [-0.3, -0.25) is 0 Å². The summed E-state index contributed by atoms with van der Waals surface area (Å²) in [7, 11) is 0. The molecule has 47 heteroatoms. The summed E-state index contributed by atoms with van der Waals surface area (Å²) in [6, 6.07) is 18.8. The topological polar surface area (TPSA) is 486 Å². The van der Waals surface area contributed by atoms with E-state index in [9.17, 15) is 39.5 Å². The van der Waals surface area contributed by atoms with Crippen LogP contribution < -0.4 is 67.1 Å². The van der Waals surface area contributed by atoms with Crippen LogP contribution in [0.3, 0.4) is 0 Å². The quantitative estimate of drug-likeness (QED) is 0.0323. The van der Waals surface area contributed by atoms with Crippen LogP contribution in [-0.2, 0) is 10.3 Å². The highest BCUT2D eigenvalue weighted by Gasteiger charge is 2.64. The Bertz CT molecular complexity index is 6570. The van der Waals surface area contributed by atoms with Crippen molar-refractivity contribution in [2.24, 2.45) is 0 Å². The van der Waals surface area contributed by atoms with Gasteiger partial charge in [0.25, 0.3) is 41.2 Å². The molecule has 2 unspecified atom stereocenters. The fourth-order valence-electron chi connectivity index (χ4n) is 14.9. The number of hydrogen-bond donors (Lipinski definition) is 6. The van der Waals surface area contributed by atoms with Gasteiger partial charge in [0.05, 0.1) is 43.4 Å². The van der Waals surface area contributed by atoms with Gasteiger partial charge >= 0.3 is 6.18 Å². The number of hydrogen-bond acceptors (Lipinski definition) is 33. The second-order valence-corrected chi connectivity index (χ2v) is 31.5. The lowest BCUT2D eigenvalue weighted by molar-refractivity contribution is -0.292. The third-order valence-electron chi connectivity index (χ3n) is 21.5. The number of allylic oxidation sites excluding steroid dienone is 2. The van der Waals surface area contributed by atoms with Crippen molar-refractivity contribution < 1.29 is 77.4 Å². The first-order valence-corrected chi connectivity index (χ1v) is 41.0. The largest absolute Gasteiger partial charge is 0.462 e. The van der Waals surface area contributed by atoms with Crippen molar-refractivity contribution in [3.8, 4) is 70.2 Å². The third-order valence-corrected chi connectivity index (χ3v) is 21.5. The Morgan fingerprint density at radius 3 is 1.21 bits per heavy atom. The Balaban J connectivity index is 0.000000126. The first-order valence-electron chi connectivity index (χ1n) is 41.0. The van der Waals surface area contributed by atoms with Gasteiger partial charge in [-0.15, -0.1) is 25.5 Å². The number of nitrogen functional groups attached to an aromatic ring is 5. The number of nitrogens with one attached hydrogen (secondary N) is 1. The second kappa shape index (κ2) is 37.6. The van der Waals surface area contributed by atoms with Gasteiger partial charge in [-0.25, -0.2) is 120 Å². The van der Waals surface area contributed by atoms with E-state index in [1.165, 1.54) is 47.1 Å². The highest BCUT2D eigenvalue weighted by Crippen LogP contribution is 2.50. The molecule has 2 aliphatic heterocycles. The molecule has 5 aliphatic rings. The van der Waals surface area contributed by atoms with Crippen molar-refractivity contribution in [1.29, 1.82) is 0 Å². The van der Waals surface area contributed by atoms with Gasteiger partial charge in [0, 0.05) is 68.3 Å². The highest BCUT2D eigenvalue weighted by atomic mass is 19.4. The molecular formula is C85H89F9N30O8. The fourth-order valence-corrected chi connectivity index (χ4v) is 14.9. The lowest BCUT2D eigenvalue weighted by Crippen LogP contribution is -2.62. The number of rotatable bonds is 19. The number of nitrogens with two attached hydrogens (primary N) is 5. The van der Waals surface area contributed by atoms with E-state index < -0.39 is 61.3 Å². The molecule has 690 valence electrons. The maximum atomic E-state index is 14.5. The van der Waals surface area contributed by atoms with E-state index >= 15 is 0 Å². The average Bonchev–Trinajstić information content (AvgIpc) is 1.53. The number of anilines is 5. The van der Waals surface area contributed by atoms with Gasteiger partial charge in [-0.1, -0.05) is 39.1 Å². The molecule has 0 spiro atoms. The summed E-state index contributed by atoms with van der Waals surface area (Å²) in [5.74, 6) is -3.38. The maximum Gasteiger partial charge on any atom is 0.418 e. The molecule has 5 fully saturated rings. The van der Waals surface area contributed by atoms with E-state index in [0.717, 1.165) is 40.5 Å². The van der Waals surface area contributed by atoms with Crippen molar-refractivity contribution in [3.63, 3.8) is 0 Å². The molecule has 2 saturated heterocycles. The molecule has 3 aliphatic carbocycles. The molecule has 2 atom stereocenters. The Kier molecular flexibility index (Phi) is 26.1. The molecule has 14 aromatic heterocycles. The number of aromatic nitrogens is 24. The van der Waals surface area contributed by atoms with Crippen LogP contribution in [0.1, 0.15) is 133 Å². The maximum absolute atomic E-state index is 14.5. The van der Waals surface area contributed by atoms with Crippen LogP contribution in [0.4, 0.5) is 68.6 Å². The Labute approximate surface area is 744 Å². The summed E-state index contributed by atoms with van der Waals surface area (Å²) in [6.45, 7) is 15.5. The molecule has 132 heavy (non-hydrogen) atoms. The molecule has 16 heterocycles. The summed E-state index contributed by atoms with van der Waals surface area (Å²) >= 11 is 0. The van der Waals surface area contributed by atoms with Crippen molar-refractivity contribution in [2.45, 2.75) is 166 Å². The van der Waals surface area contributed by atoms with Crippen LogP contribution in [-0.4, -0.2) is 169 Å². The zero-order chi connectivity index (χ0) is 92.4. The van der Waals surface area contributed by atoms with E-state index in [1.807, 2.05) is 49.7 Å². The van der Waals surface area contributed by atoms with E-state index in [-0.39, 0.29) is 133 Å². The van der Waals surface area contributed by atoms with E-state index in [1.54, 1.807) is 79.5 Å². The summed E-state index contributed by atoms with van der Waals surface area (Å²) in [6.07, 6.45) is 11.8. The number of fused-ring (bicyclic) bond motifs is 5. The number of benzene rings is 1. The van der Waals surface area contributed by atoms with Crippen LogP contribution >= 0.6 is 0 Å². The lowest BCUT2D eigenvalue weighted by atomic mass is 9.91. The molecule has 0 bridgehead atoms. The van der Waals surface area contributed by atoms with Crippen LogP contribution in [0.2, 0.25) is 0 Å². The number of alkyl halides is 9. The van der Waals surface area contributed by atoms with E-state index in [0.29, 0.717) is 117 Å². The zero-order valence-electron chi connectivity index (χ0n) is 70.7. The van der Waals surface area contributed by atoms with Crippen LogP contribution in [0.25, 0.3) is 55.2 Å². The van der Waals surface area contributed by atoms with E-state index in [4.69, 9.17) is 66.6 Å². The van der Waals surface area contributed by atoms with Crippen LogP contribution in [0.15, 0.2) is 154 Å². The van der Waals surface area contributed by atoms with Gasteiger partial charge in [0.2, 0.25) is 35.0 Å². The van der Waals surface area contributed by atoms with Crippen molar-refractivity contribution in [2.75, 3.05) is 55.0 Å². The number of aryl methyl sites for hydroxylation is 3. The fraction of sp³-hybridized carbons (Fsp3) is 0.353. The van der Waals surface area contributed by atoms with E-state index in [2.05, 4.69) is 114 Å². The molecule has 38 nitrogen and oxygen atoms in total. The van der Waals surface area contributed by atoms with Gasteiger partial charge in [-0.05, 0) is 139 Å². The molecule has 0 radical (unpaired) electrons. The summed E-state index contributed by atoms with van der Waals surface area (Å²) in [4.78, 5) is 57.0. The van der Waals surface area contributed by atoms with Gasteiger partial charge in [-0.2, -0.15) is 13.2 Å². The average molecular weight is 1830 g/mol. The van der Waals surface area contributed by atoms with Crippen molar-refractivity contribution in [3.05, 3.63) is 171 Å². The summed E-state index contributed by atoms with van der Waals surface area (Å²) < 4.78 is 177. The minimum Gasteiger partial charge on any atom is -0.462 e. The Morgan fingerprint density at radius 2 is 0.811 bits per heavy atom. The second-order valence-electron chi connectivity index (χ2n) is 31.5. The first-order chi connectivity index (χ1) is 62.7. The molecule has 1 aromatic carbocycles. The number of nitrogens with zero attached hydrogens (tertiary/aromatic N) is 24.